The largest absolute Gasteiger partial charge is 1.00 e. The fraction of sp³-hybridized carbons (Fsp3) is 1.00. The van der Waals surface area contributed by atoms with Crippen molar-refractivity contribution >= 4 is 0 Å². The maximum absolute atomic E-state index is 9.09. The highest BCUT2D eigenvalue weighted by atomic mass is 35.5. The van der Waals surface area contributed by atoms with Crippen LogP contribution in [0.1, 0.15) is 110 Å². The van der Waals surface area contributed by atoms with Crippen molar-refractivity contribution in [2.45, 2.75) is 110 Å². The maximum Gasteiger partial charge on any atom is 0.119 e. The molecule has 0 radical (unpaired) electrons. The van der Waals surface area contributed by atoms with Crippen LogP contribution < -0.4 is 18.2 Å². The summed E-state index contributed by atoms with van der Waals surface area (Å²) in [5.41, 5.74) is 0. The van der Waals surface area contributed by atoms with Gasteiger partial charge in [0.05, 0.1) is 19.8 Å². The SMILES string of the molecule is CCCCCCCCCCCCCCCCCC[N+](N)(CCO)CCO.[Cl-]. The third kappa shape index (κ3) is 20.7. The Labute approximate surface area is 175 Å². The maximum atomic E-state index is 9.09. The highest BCUT2D eigenvalue weighted by molar-refractivity contribution is 4.50. The molecule has 0 saturated heterocycles. The lowest BCUT2D eigenvalue weighted by Gasteiger charge is -2.31. The Morgan fingerprint density at radius 1 is 0.519 bits per heavy atom. The number of unbranched alkanes of at least 4 members (excludes halogenated alkanes) is 15. The summed E-state index contributed by atoms with van der Waals surface area (Å²) in [6.45, 7) is 4.41. The first-order valence-electron chi connectivity index (χ1n) is 11.5. The molecular weight excluding hydrogens is 360 g/mol. The highest BCUT2D eigenvalue weighted by Gasteiger charge is 2.20. The van der Waals surface area contributed by atoms with Gasteiger partial charge in [0.25, 0.3) is 0 Å². The van der Waals surface area contributed by atoms with E-state index in [1.165, 1.54) is 96.3 Å². The zero-order valence-corrected chi connectivity index (χ0v) is 18.9. The molecule has 5 heteroatoms. The Kier molecular flexibility index (Phi) is 24.4. The van der Waals surface area contributed by atoms with Gasteiger partial charge in [-0.2, -0.15) is 5.84 Å². The van der Waals surface area contributed by atoms with Crippen molar-refractivity contribution in [3.8, 4) is 0 Å². The number of quaternary nitrogens is 1. The van der Waals surface area contributed by atoms with Crippen LogP contribution >= 0.6 is 0 Å². The summed E-state index contributed by atoms with van der Waals surface area (Å²) < 4.78 is 0.311. The van der Waals surface area contributed by atoms with E-state index in [-0.39, 0.29) is 25.6 Å². The van der Waals surface area contributed by atoms with E-state index in [4.69, 9.17) is 16.1 Å². The Bertz CT molecular complexity index is 275. The van der Waals surface area contributed by atoms with E-state index in [2.05, 4.69) is 6.92 Å². The number of nitrogens with two attached hydrogens (primary N) is 1. The highest BCUT2D eigenvalue weighted by Crippen LogP contribution is 2.14. The predicted octanol–water partition coefficient (Wildman–Crippen LogP) is 1.93. The van der Waals surface area contributed by atoms with Gasteiger partial charge in [-0.05, 0) is 12.8 Å². The normalized spacial score (nSPS) is 11.6. The lowest BCUT2D eigenvalue weighted by Crippen LogP contribution is -3.00. The van der Waals surface area contributed by atoms with Gasteiger partial charge in [-0.1, -0.05) is 96.8 Å². The van der Waals surface area contributed by atoms with Crippen molar-refractivity contribution in [3.05, 3.63) is 0 Å². The number of hydrogen-bond donors (Lipinski definition) is 3. The molecule has 0 unspecified atom stereocenters. The summed E-state index contributed by atoms with van der Waals surface area (Å²) in [5, 5.41) is 18.2. The van der Waals surface area contributed by atoms with Crippen molar-refractivity contribution in [1.29, 1.82) is 0 Å². The van der Waals surface area contributed by atoms with Crippen molar-refractivity contribution in [2.24, 2.45) is 5.84 Å². The van der Waals surface area contributed by atoms with Crippen molar-refractivity contribution in [3.63, 3.8) is 0 Å². The Balaban J connectivity index is 0. The van der Waals surface area contributed by atoms with Crippen LogP contribution in [-0.2, 0) is 0 Å². The molecule has 0 atom stereocenters. The number of aliphatic hydroxyl groups excluding tert-OH is 2. The minimum absolute atomic E-state index is 0. The Morgan fingerprint density at radius 3 is 1.11 bits per heavy atom. The molecule has 0 rings (SSSR count). The second-order valence-corrected chi connectivity index (χ2v) is 8.14. The molecule has 0 heterocycles. The summed E-state index contributed by atoms with van der Waals surface area (Å²) in [6, 6.07) is 0. The number of halogens is 1. The molecule has 0 aliphatic rings. The second-order valence-electron chi connectivity index (χ2n) is 8.14. The third-order valence-electron chi connectivity index (χ3n) is 5.55. The van der Waals surface area contributed by atoms with Gasteiger partial charge >= 0.3 is 0 Å². The summed E-state index contributed by atoms with van der Waals surface area (Å²) in [6.07, 6.45) is 21.9. The first-order valence-corrected chi connectivity index (χ1v) is 11.5. The molecule has 166 valence electrons. The monoisotopic (exact) mass is 408 g/mol. The van der Waals surface area contributed by atoms with Crippen LogP contribution in [-0.4, -0.2) is 47.7 Å². The molecule has 0 fully saturated rings. The molecule has 0 saturated carbocycles. The van der Waals surface area contributed by atoms with Crippen LogP contribution in [0.5, 0.6) is 0 Å². The third-order valence-corrected chi connectivity index (χ3v) is 5.55. The van der Waals surface area contributed by atoms with Gasteiger partial charge < -0.3 is 22.6 Å². The second kappa shape index (κ2) is 22.4. The Morgan fingerprint density at radius 2 is 0.815 bits per heavy atom. The molecule has 0 aliphatic carbocycles. The molecule has 0 spiro atoms. The first kappa shape index (κ1) is 29.3. The summed E-state index contributed by atoms with van der Waals surface area (Å²) in [4.78, 5) is 0. The summed E-state index contributed by atoms with van der Waals surface area (Å²) >= 11 is 0. The van der Waals surface area contributed by atoms with Crippen LogP contribution in [0, 0.1) is 0 Å². The number of nitrogens with zero attached hydrogens (tertiary/aromatic N) is 1. The average molecular weight is 409 g/mol. The fourth-order valence-electron chi connectivity index (χ4n) is 3.71. The minimum Gasteiger partial charge on any atom is -1.00 e. The molecule has 0 aromatic heterocycles. The molecular formula is C22H49ClN2O2. The van der Waals surface area contributed by atoms with Gasteiger partial charge in [0.1, 0.15) is 13.1 Å². The van der Waals surface area contributed by atoms with Crippen LogP contribution in [0.15, 0.2) is 0 Å². The van der Waals surface area contributed by atoms with Gasteiger partial charge in [-0.15, -0.1) is 0 Å². The van der Waals surface area contributed by atoms with Crippen LogP contribution in [0.25, 0.3) is 0 Å². The van der Waals surface area contributed by atoms with Crippen molar-refractivity contribution in [1.82, 2.24) is 0 Å². The lowest BCUT2D eigenvalue weighted by atomic mass is 10.0. The van der Waals surface area contributed by atoms with Gasteiger partial charge in [0, 0.05) is 0 Å². The van der Waals surface area contributed by atoms with Crippen molar-refractivity contribution < 1.29 is 27.2 Å². The van der Waals surface area contributed by atoms with Crippen LogP contribution in [0.3, 0.4) is 0 Å². The summed E-state index contributed by atoms with van der Waals surface area (Å²) in [5.74, 6) is 6.20. The Hall–Kier alpha value is 0.130. The molecule has 0 aliphatic heterocycles. The number of rotatable bonds is 21. The quantitative estimate of drug-likeness (QED) is 0.118. The lowest BCUT2D eigenvalue weighted by molar-refractivity contribution is -0.940. The molecule has 4 N–H and O–H groups in total. The molecule has 0 aromatic carbocycles. The van der Waals surface area contributed by atoms with Gasteiger partial charge in [0.15, 0.2) is 0 Å². The van der Waals surface area contributed by atoms with Crippen LogP contribution in [0.2, 0.25) is 0 Å². The van der Waals surface area contributed by atoms with Crippen LogP contribution in [0.4, 0.5) is 0 Å². The predicted molar refractivity (Wildman–Crippen MR) is 113 cm³/mol. The number of hydrogen-bond acceptors (Lipinski definition) is 3. The molecule has 0 bridgehead atoms. The zero-order valence-electron chi connectivity index (χ0n) is 18.1. The molecule has 27 heavy (non-hydrogen) atoms. The van der Waals surface area contributed by atoms with Gasteiger partial charge in [-0.25, -0.2) is 4.59 Å². The van der Waals surface area contributed by atoms with E-state index in [0.717, 1.165) is 13.0 Å². The topological polar surface area (TPSA) is 66.5 Å². The summed E-state index contributed by atoms with van der Waals surface area (Å²) in [7, 11) is 0. The standard InChI is InChI=1S/C22H49N2O2.ClH/c1-2-3-4-5-6-7-8-9-10-11-12-13-14-15-16-17-18-24(23,19-21-25)20-22-26;/h25-26H,2-23H2,1H3;1H/q+1;/p-1. The van der Waals surface area contributed by atoms with Crippen molar-refractivity contribution in [2.75, 3.05) is 32.8 Å². The fourth-order valence-corrected chi connectivity index (χ4v) is 3.71. The molecule has 0 aromatic rings. The molecule has 0 amide bonds. The smallest absolute Gasteiger partial charge is 0.119 e. The van der Waals surface area contributed by atoms with Gasteiger partial charge in [-0.3, -0.25) is 0 Å². The molecule has 4 nitrogen and oxygen atoms in total. The van der Waals surface area contributed by atoms with Gasteiger partial charge in [0.2, 0.25) is 0 Å². The average Bonchev–Trinajstić information content (AvgIpc) is 2.62. The van der Waals surface area contributed by atoms with E-state index >= 15 is 0 Å². The van der Waals surface area contributed by atoms with E-state index in [9.17, 15) is 0 Å². The first-order chi connectivity index (χ1) is 12.7. The van der Waals surface area contributed by atoms with E-state index < -0.39 is 0 Å². The van der Waals surface area contributed by atoms with E-state index in [0.29, 0.717) is 17.7 Å². The number of aliphatic hydroxyl groups is 2. The van der Waals surface area contributed by atoms with E-state index in [1.54, 1.807) is 0 Å². The minimum atomic E-state index is 0. The zero-order chi connectivity index (χ0) is 19.3. The van der Waals surface area contributed by atoms with E-state index in [1.807, 2.05) is 0 Å².